The molecule has 1 aliphatic heterocycles. The van der Waals surface area contributed by atoms with Gasteiger partial charge in [-0.2, -0.15) is 8.62 Å². The van der Waals surface area contributed by atoms with E-state index in [9.17, 15) is 23.7 Å². The maximum atomic E-state index is 15.0. The Morgan fingerprint density at radius 2 is 1.81 bits per heavy atom. The van der Waals surface area contributed by atoms with Crippen LogP contribution in [0, 0.1) is 0 Å². The van der Waals surface area contributed by atoms with Gasteiger partial charge >= 0.3 is 23.5 Å². The van der Waals surface area contributed by atoms with E-state index in [-0.39, 0.29) is 16.3 Å². The van der Waals surface area contributed by atoms with Crippen LogP contribution in [0.3, 0.4) is 0 Å². The maximum absolute atomic E-state index is 15.0. The lowest BCUT2D eigenvalue weighted by Gasteiger charge is -2.22. The summed E-state index contributed by atoms with van der Waals surface area (Å²) in [5.74, 6) is 0. The molecule has 2 unspecified atom stereocenters. The van der Waals surface area contributed by atoms with Gasteiger partial charge < -0.3 is 29.4 Å². The van der Waals surface area contributed by atoms with Crippen molar-refractivity contribution in [2.45, 2.75) is 23.6 Å². The highest BCUT2D eigenvalue weighted by atomic mass is 35.5. The Morgan fingerprint density at radius 3 is 2.44 bits per heavy atom. The second kappa shape index (κ2) is 8.87. The molecule has 1 aliphatic rings. The van der Waals surface area contributed by atoms with E-state index in [4.69, 9.17) is 42.6 Å². The molecular formula is C10H12Cl2FN4O12P3. The van der Waals surface area contributed by atoms with Crippen LogP contribution in [0.2, 0.25) is 5.15 Å². The summed E-state index contributed by atoms with van der Waals surface area (Å²) in [7, 11) is -16.9. The molecule has 0 aliphatic carbocycles. The largest absolute Gasteiger partial charge is 0.490 e. The third-order valence-corrected chi connectivity index (χ3v) is 8.25. The van der Waals surface area contributed by atoms with E-state index in [2.05, 4.69) is 28.1 Å². The molecule has 3 heterocycles. The van der Waals surface area contributed by atoms with Crippen molar-refractivity contribution in [3.05, 3.63) is 17.8 Å². The van der Waals surface area contributed by atoms with Crippen LogP contribution in [0.1, 0.15) is 6.23 Å². The molecule has 0 radical (unpaired) electrons. The number of aliphatic hydroxyl groups excluding tert-OH is 1. The summed E-state index contributed by atoms with van der Waals surface area (Å²) in [6.45, 7) is -1.14. The number of halogens is 3. The van der Waals surface area contributed by atoms with Gasteiger partial charge in [-0.3, -0.25) is 9.09 Å². The zero-order valence-electron chi connectivity index (χ0n) is 15.0. The second-order valence-corrected chi connectivity index (χ2v) is 11.4. The number of rotatable bonds is 8. The van der Waals surface area contributed by atoms with Gasteiger partial charge in [-0.25, -0.2) is 33.0 Å². The molecule has 16 nitrogen and oxygen atoms in total. The molecule has 0 saturated carbocycles. The zero-order chi connectivity index (χ0) is 24.1. The van der Waals surface area contributed by atoms with Crippen molar-refractivity contribution < 1.29 is 60.6 Å². The fourth-order valence-electron chi connectivity index (χ4n) is 2.57. The summed E-state index contributed by atoms with van der Waals surface area (Å²) in [6, 6.07) is 0. The summed E-state index contributed by atoms with van der Waals surface area (Å²) in [5, 5.41) is 7.03. The van der Waals surface area contributed by atoms with Crippen LogP contribution in [0.5, 0.6) is 0 Å². The van der Waals surface area contributed by atoms with Gasteiger partial charge in [0.15, 0.2) is 17.0 Å². The molecule has 5 N–H and O–H groups in total. The minimum atomic E-state index is -5.77. The fraction of sp³-hybridized carbons (Fsp3) is 0.500. The van der Waals surface area contributed by atoms with Gasteiger partial charge in [0.1, 0.15) is 24.1 Å². The maximum Gasteiger partial charge on any atom is 0.490 e. The average molecular weight is 563 g/mol. The molecule has 1 fully saturated rings. The van der Waals surface area contributed by atoms with E-state index in [0.717, 1.165) is 17.2 Å². The highest BCUT2D eigenvalue weighted by Crippen LogP contribution is 2.66. The van der Waals surface area contributed by atoms with Crippen molar-refractivity contribution in [1.29, 1.82) is 0 Å². The Morgan fingerprint density at radius 1 is 1.16 bits per heavy atom. The van der Waals surface area contributed by atoms with Crippen LogP contribution in [-0.2, 0) is 31.6 Å². The normalized spacial score (nSPS) is 30.3. The third-order valence-electron chi connectivity index (χ3n) is 3.76. The van der Waals surface area contributed by atoms with Gasteiger partial charge in [0, 0.05) is 0 Å². The van der Waals surface area contributed by atoms with Gasteiger partial charge in [0.05, 0.1) is 12.9 Å². The fourth-order valence-corrected chi connectivity index (χ4v) is 6.08. The lowest BCUT2D eigenvalue weighted by atomic mass is 10.1. The van der Waals surface area contributed by atoms with Gasteiger partial charge in [-0.1, -0.05) is 23.2 Å². The summed E-state index contributed by atoms with van der Waals surface area (Å²) in [6.07, 6.45) is -3.66. The molecule has 0 amide bonds. The van der Waals surface area contributed by atoms with E-state index in [0.29, 0.717) is 0 Å². The predicted octanol–water partition coefficient (Wildman–Crippen LogP) is 0.986. The van der Waals surface area contributed by atoms with E-state index in [1.165, 1.54) is 0 Å². The Hall–Kier alpha value is -0.610. The summed E-state index contributed by atoms with van der Waals surface area (Å²) in [5.41, 5.74) is 0.0230. The Labute approximate surface area is 186 Å². The molecule has 0 spiro atoms. The minimum absolute atomic E-state index is 0.0292. The first-order chi connectivity index (χ1) is 14.5. The third kappa shape index (κ3) is 5.71. The number of phosphoric ester groups is 1. The molecule has 180 valence electrons. The number of imidazole rings is 1. The van der Waals surface area contributed by atoms with Crippen molar-refractivity contribution in [1.82, 2.24) is 19.5 Å². The summed E-state index contributed by atoms with van der Waals surface area (Å²) in [4.78, 5) is 47.0. The van der Waals surface area contributed by atoms with Crippen molar-refractivity contribution in [3.8, 4) is 0 Å². The number of aromatic nitrogens is 4. The quantitative estimate of drug-likeness (QED) is 0.171. The number of nitrogens with zero attached hydrogens (tertiary/aromatic N) is 4. The van der Waals surface area contributed by atoms with Gasteiger partial charge in [0.25, 0.3) is 5.13 Å². The highest BCUT2D eigenvalue weighted by molar-refractivity contribution is 7.66. The molecule has 6 atom stereocenters. The molecule has 22 heteroatoms. The smallest absolute Gasteiger partial charge is 0.385 e. The first kappa shape index (κ1) is 26.0. The van der Waals surface area contributed by atoms with Crippen LogP contribution < -0.4 is 0 Å². The second-order valence-electron chi connectivity index (χ2n) is 6.02. The van der Waals surface area contributed by atoms with E-state index in [1.54, 1.807) is 0 Å². The number of aliphatic hydroxyl groups is 1. The van der Waals surface area contributed by atoms with Crippen LogP contribution >= 0.6 is 46.7 Å². The minimum Gasteiger partial charge on any atom is -0.385 e. The number of hydrogen-bond donors (Lipinski definition) is 5. The van der Waals surface area contributed by atoms with E-state index in [1.807, 2.05) is 0 Å². The van der Waals surface area contributed by atoms with Crippen molar-refractivity contribution in [2.24, 2.45) is 0 Å². The van der Waals surface area contributed by atoms with E-state index < -0.39 is 53.6 Å². The van der Waals surface area contributed by atoms with Crippen molar-refractivity contribution in [2.75, 3.05) is 6.61 Å². The molecule has 2 aromatic rings. The zero-order valence-corrected chi connectivity index (χ0v) is 19.1. The first-order valence-corrected chi connectivity index (χ1v) is 13.1. The molecular weight excluding hydrogens is 551 g/mol. The summed E-state index contributed by atoms with van der Waals surface area (Å²) >= 11 is 11.6. The molecule has 32 heavy (non-hydrogen) atoms. The molecule has 1 saturated heterocycles. The van der Waals surface area contributed by atoms with Crippen LogP contribution in [0.4, 0.5) is 4.39 Å². The number of hydrogen-bond acceptors (Lipinski definition) is 11. The van der Waals surface area contributed by atoms with Crippen molar-refractivity contribution in [3.63, 3.8) is 0 Å². The van der Waals surface area contributed by atoms with Gasteiger partial charge in [-0.15, -0.1) is 0 Å². The molecule has 2 aromatic heterocycles. The Bertz CT molecular complexity index is 1160. The van der Waals surface area contributed by atoms with Crippen LogP contribution in [0.25, 0.3) is 11.2 Å². The van der Waals surface area contributed by atoms with Crippen LogP contribution in [-0.4, -0.2) is 68.1 Å². The average Bonchev–Trinajstić information content (AvgIpc) is 3.11. The summed E-state index contributed by atoms with van der Waals surface area (Å²) < 4.78 is 66.4. The van der Waals surface area contributed by atoms with Crippen molar-refractivity contribution >= 4 is 57.8 Å². The standard InChI is InChI=1S/C10H12Cl2FN4O12P3/c11-7-5-8(15-2-14-7)17(3-16-5)9-10(12,13)6(18)4(27-9)1-26-31(22,23)29-32(24,25)28-30(19,20)21/h2-4,6,9,18H,1H2,(H,22,23)(H,24,25)(H2,19,20,21)/t4-,6-,9-,10-/m1/s1. The molecule has 0 bridgehead atoms. The number of alkyl halides is 2. The molecule has 3 rings (SSSR count). The number of fused-ring (bicyclic) bond motifs is 1. The molecule has 0 aromatic carbocycles. The number of phosphoric acid groups is 3. The highest BCUT2D eigenvalue weighted by Gasteiger charge is 2.58. The van der Waals surface area contributed by atoms with Gasteiger partial charge in [-0.05, 0) is 0 Å². The monoisotopic (exact) mass is 562 g/mol. The lowest BCUT2D eigenvalue weighted by molar-refractivity contribution is -0.0473. The Balaban J connectivity index is 1.74. The Kier molecular flexibility index (Phi) is 7.21. The SMILES string of the molecule is O=P(O)(O)OP(=O)(O)OP(=O)(O)OC[C@H]1O[C@@H](n2cnc3c(Cl)ncnc32)[C@@](F)(Cl)[C@@H]1O. The van der Waals surface area contributed by atoms with Crippen LogP contribution in [0.15, 0.2) is 12.7 Å². The first-order valence-electron chi connectivity index (χ1n) is 7.85. The van der Waals surface area contributed by atoms with E-state index >= 15 is 4.39 Å². The van der Waals surface area contributed by atoms with Gasteiger partial charge in [0.2, 0.25) is 0 Å². The number of ether oxygens (including phenoxy) is 1. The predicted molar refractivity (Wildman–Crippen MR) is 99.8 cm³/mol. The lowest BCUT2D eigenvalue weighted by Crippen LogP contribution is -2.38. The topological polar surface area (TPSA) is 233 Å².